The summed E-state index contributed by atoms with van der Waals surface area (Å²) >= 11 is 0. The van der Waals surface area contributed by atoms with Crippen molar-refractivity contribution in [3.05, 3.63) is 0 Å². The van der Waals surface area contributed by atoms with Crippen LogP contribution in [-0.4, -0.2) is 60.1 Å². The highest BCUT2D eigenvalue weighted by Gasteiger charge is 2.29. The fourth-order valence-electron chi connectivity index (χ4n) is 2.46. The molecule has 0 aliphatic carbocycles. The van der Waals surface area contributed by atoms with Crippen molar-refractivity contribution in [3.8, 4) is 0 Å². The lowest BCUT2D eigenvalue weighted by molar-refractivity contribution is -0.142. The second-order valence-electron chi connectivity index (χ2n) is 6.97. The van der Waals surface area contributed by atoms with Crippen LogP contribution in [0.2, 0.25) is 0 Å². The molecule has 162 valence electrons. The van der Waals surface area contributed by atoms with Gasteiger partial charge < -0.3 is 38.7 Å². The van der Waals surface area contributed by atoms with E-state index < -0.39 is 35.9 Å². The van der Waals surface area contributed by atoms with Gasteiger partial charge in [0.1, 0.15) is 12.1 Å². The Morgan fingerprint density at radius 1 is 1.00 bits per heavy atom. The van der Waals surface area contributed by atoms with E-state index >= 15 is 0 Å². The van der Waals surface area contributed by atoms with Crippen molar-refractivity contribution < 1.29 is 19.5 Å². The van der Waals surface area contributed by atoms with Crippen molar-refractivity contribution in [1.82, 2.24) is 10.6 Å². The lowest BCUT2D eigenvalue weighted by atomic mass is 10.0. The maximum atomic E-state index is 12.5. The maximum absolute atomic E-state index is 12.5. The number of carbonyl (C=O) groups is 3. The fraction of sp³-hybridized carbons (Fsp3) is 0.765. The lowest BCUT2D eigenvalue weighted by Crippen LogP contribution is -2.56. The summed E-state index contributed by atoms with van der Waals surface area (Å²) in [4.78, 5) is 40.0. The number of nitrogens with one attached hydrogen (secondary N) is 2. The molecular formula is C17H35N7O4. The minimum Gasteiger partial charge on any atom is -0.480 e. The molecule has 11 heteroatoms. The van der Waals surface area contributed by atoms with Crippen molar-refractivity contribution >= 4 is 23.7 Å². The summed E-state index contributed by atoms with van der Waals surface area (Å²) in [5.74, 6) is -2.54. The Bertz CT molecular complexity index is 536. The van der Waals surface area contributed by atoms with E-state index in [1.165, 1.54) is 0 Å². The van der Waals surface area contributed by atoms with E-state index in [0.29, 0.717) is 25.8 Å². The predicted molar refractivity (Wildman–Crippen MR) is 107 cm³/mol. The van der Waals surface area contributed by atoms with Crippen LogP contribution < -0.4 is 33.6 Å². The topological polar surface area (TPSA) is 212 Å². The predicted octanol–water partition coefficient (Wildman–Crippen LogP) is -1.79. The second kappa shape index (κ2) is 13.7. The molecule has 0 heterocycles. The van der Waals surface area contributed by atoms with Gasteiger partial charge in [0.15, 0.2) is 5.96 Å². The summed E-state index contributed by atoms with van der Waals surface area (Å²) in [5, 5.41) is 14.4. The van der Waals surface area contributed by atoms with Gasteiger partial charge in [0.25, 0.3) is 0 Å². The molecule has 0 radical (unpaired) electrons. The van der Waals surface area contributed by atoms with Crippen LogP contribution in [0.5, 0.6) is 0 Å². The molecule has 0 aromatic rings. The third-order valence-electron chi connectivity index (χ3n) is 4.11. The van der Waals surface area contributed by atoms with E-state index in [1.54, 1.807) is 13.8 Å². The molecule has 0 bridgehead atoms. The van der Waals surface area contributed by atoms with Crippen molar-refractivity contribution in [2.75, 3.05) is 13.1 Å². The quantitative estimate of drug-likeness (QED) is 0.0999. The normalized spacial score (nSPS) is 14.0. The molecule has 2 amide bonds. The highest BCUT2D eigenvalue weighted by Crippen LogP contribution is 2.06. The number of carboxylic acid groups (broad SMARTS) is 1. The zero-order valence-corrected chi connectivity index (χ0v) is 16.7. The van der Waals surface area contributed by atoms with Gasteiger partial charge in [-0.2, -0.15) is 0 Å². The average Bonchev–Trinajstić information content (AvgIpc) is 2.61. The summed E-state index contributed by atoms with van der Waals surface area (Å²) < 4.78 is 0. The smallest absolute Gasteiger partial charge is 0.326 e. The van der Waals surface area contributed by atoms with Crippen LogP contribution in [0, 0.1) is 5.92 Å². The molecular weight excluding hydrogens is 366 g/mol. The van der Waals surface area contributed by atoms with Crippen molar-refractivity contribution in [2.45, 2.75) is 64.1 Å². The van der Waals surface area contributed by atoms with Crippen molar-refractivity contribution in [1.29, 1.82) is 0 Å². The third kappa shape index (κ3) is 10.7. The number of nitrogens with two attached hydrogens (primary N) is 4. The Morgan fingerprint density at radius 3 is 2.14 bits per heavy atom. The Labute approximate surface area is 165 Å². The molecule has 11 nitrogen and oxygen atoms in total. The van der Waals surface area contributed by atoms with E-state index in [1.807, 2.05) is 0 Å². The molecule has 0 spiro atoms. The number of hydrogen-bond donors (Lipinski definition) is 7. The maximum Gasteiger partial charge on any atom is 0.326 e. The highest BCUT2D eigenvalue weighted by molar-refractivity contribution is 5.91. The summed E-state index contributed by atoms with van der Waals surface area (Å²) in [6.45, 7) is 4.27. The molecule has 0 saturated heterocycles. The van der Waals surface area contributed by atoms with Gasteiger partial charge in [0.2, 0.25) is 11.8 Å². The summed E-state index contributed by atoms with van der Waals surface area (Å²) in [6, 6.07) is -2.76. The monoisotopic (exact) mass is 401 g/mol. The van der Waals surface area contributed by atoms with Gasteiger partial charge in [-0.05, 0) is 38.1 Å². The second-order valence-corrected chi connectivity index (χ2v) is 6.97. The molecule has 0 aromatic heterocycles. The molecule has 0 rings (SSSR count). The van der Waals surface area contributed by atoms with Gasteiger partial charge in [-0.3, -0.25) is 14.6 Å². The molecule has 11 N–H and O–H groups in total. The number of nitrogens with zero attached hydrogens (tertiary/aromatic N) is 1. The third-order valence-corrected chi connectivity index (χ3v) is 4.11. The first-order chi connectivity index (χ1) is 13.1. The molecule has 0 fully saturated rings. The standard InChI is InChI=1S/C17H35N7O4/c1-10(2)13(24-14(25)11(19)6-3-4-8-18)15(26)23-12(16(27)28)7-5-9-22-17(20)21/h10-13H,3-9,18-19H2,1-2H3,(H,23,26)(H,24,25)(H,27,28)(H4,20,21,22)/t11-,12-,13-/m0/s1. The van der Waals surface area contributed by atoms with Crippen molar-refractivity contribution in [2.24, 2.45) is 33.8 Å². The van der Waals surface area contributed by atoms with Crippen LogP contribution >= 0.6 is 0 Å². The summed E-state index contributed by atoms with van der Waals surface area (Å²) in [5.41, 5.74) is 21.7. The van der Waals surface area contributed by atoms with Gasteiger partial charge in [0.05, 0.1) is 6.04 Å². The van der Waals surface area contributed by atoms with Crippen molar-refractivity contribution in [3.63, 3.8) is 0 Å². The van der Waals surface area contributed by atoms with Crippen LogP contribution in [-0.2, 0) is 14.4 Å². The number of hydrogen-bond acceptors (Lipinski definition) is 6. The number of amides is 2. The Morgan fingerprint density at radius 2 is 1.64 bits per heavy atom. The number of guanidine groups is 1. The fourth-order valence-corrected chi connectivity index (χ4v) is 2.46. The van der Waals surface area contributed by atoms with Gasteiger partial charge in [-0.1, -0.05) is 20.3 Å². The number of aliphatic imine (C=N–C) groups is 1. The molecule has 0 saturated carbocycles. The number of unbranched alkanes of at least 4 members (excludes halogenated alkanes) is 1. The first kappa shape index (κ1) is 25.6. The van der Waals surface area contributed by atoms with E-state index in [2.05, 4.69) is 15.6 Å². The zero-order chi connectivity index (χ0) is 21.7. The first-order valence-electron chi connectivity index (χ1n) is 9.44. The minimum absolute atomic E-state index is 0.0821. The van der Waals surface area contributed by atoms with Crippen LogP contribution in [0.15, 0.2) is 4.99 Å². The van der Waals surface area contributed by atoms with Crippen LogP contribution in [0.1, 0.15) is 46.0 Å². The summed E-state index contributed by atoms with van der Waals surface area (Å²) in [6.07, 6.45) is 2.45. The molecule has 28 heavy (non-hydrogen) atoms. The zero-order valence-electron chi connectivity index (χ0n) is 16.7. The van der Waals surface area contributed by atoms with Crippen LogP contribution in [0.25, 0.3) is 0 Å². The van der Waals surface area contributed by atoms with Crippen LogP contribution in [0.3, 0.4) is 0 Å². The Hall–Kier alpha value is -2.40. The number of carbonyl (C=O) groups excluding carboxylic acids is 2. The SMILES string of the molecule is CC(C)[C@H](NC(=O)[C@@H](N)CCCCN)C(=O)N[C@@H](CCCN=C(N)N)C(=O)O. The van der Waals surface area contributed by atoms with Gasteiger partial charge in [-0.15, -0.1) is 0 Å². The van der Waals surface area contributed by atoms with Gasteiger partial charge >= 0.3 is 5.97 Å². The van der Waals surface area contributed by atoms with E-state index in [4.69, 9.17) is 22.9 Å². The van der Waals surface area contributed by atoms with Crippen LogP contribution in [0.4, 0.5) is 0 Å². The molecule has 0 aromatic carbocycles. The largest absolute Gasteiger partial charge is 0.480 e. The minimum atomic E-state index is -1.18. The van der Waals surface area contributed by atoms with E-state index in [-0.39, 0.29) is 24.8 Å². The molecule has 0 aliphatic heterocycles. The number of carboxylic acids is 1. The molecule has 3 atom stereocenters. The average molecular weight is 402 g/mol. The van der Waals surface area contributed by atoms with E-state index in [0.717, 1.165) is 6.42 Å². The molecule has 0 aliphatic rings. The number of aliphatic carboxylic acids is 1. The Kier molecular flexibility index (Phi) is 12.5. The highest BCUT2D eigenvalue weighted by atomic mass is 16.4. The first-order valence-corrected chi connectivity index (χ1v) is 9.44. The van der Waals surface area contributed by atoms with Gasteiger partial charge in [-0.25, -0.2) is 4.79 Å². The van der Waals surface area contributed by atoms with Gasteiger partial charge in [0, 0.05) is 6.54 Å². The lowest BCUT2D eigenvalue weighted by Gasteiger charge is -2.25. The summed E-state index contributed by atoms with van der Waals surface area (Å²) in [7, 11) is 0. The Balaban J connectivity index is 4.81. The molecule has 0 unspecified atom stereocenters. The van der Waals surface area contributed by atoms with E-state index in [9.17, 15) is 19.5 Å². The number of rotatable bonds is 14.